The molecule has 1 aliphatic heterocycles. The highest BCUT2D eigenvalue weighted by Crippen LogP contribution is 2.47. The summed E-state index contributed by atoms with van der Waals surface area (Å²) in [5.74, 6) is -0.651. The molecule has 0 saturated heterocycles. The summed E-state index contributed by atoms with van der Waals surface area (Å²) in [6.45, 7) is 1.77. The zero-order chi connectivity index (χ0) is 18.5. The SMILES string of the molecule is CC1c2ccccc2-c2ccc(F)cc2N1S(=O)(=O)c1cccc(O)c1. The predicted octanol–water partition coefficient (Wildman–Crippen LogP) is 4.47. The van der Waals surface area contributed by atoms with E-state index in [0.29, 0.717) is 11.3 Å². The fourth-order valence-corrected chi connectivity index (χ4v) is 5.14. The first kappa shape index (κ1) is 16.6. The van der Waals surface area contributed by atoms with Gasteiger partial charge in [0.25, 0.3) is 10.0 Å². The van der Waals surface area contributed by atoms with Crippen LogP contribution in [0.2, 0.25) is 0 Å². The Bertz CT molecular complexity index is 1110. The number of phenolic OH excluding ortho intramolecular Hbond substituents is 1. The topological polar surface area (TPSA) is 57.6 Å². The van der Waals surface area contributed by atoms with Gasteiger partial charge in [-0.15, -0.1) is 0 Å². The molecule has 3 aromatic carbocycles. The Labute approximate surface area is 151 Å². The molecule has 0 bridgehead atoms. The van der Waals surface area contributed by atoms with Gasteiger partial charge in [0.15, 0.2) is 0 Å². The molecule has 1 heterocycles. The molecule has 1 aliphatic rings. The third-order valence-electron chi connectivity index (χ3n) is 4.62. The van der Waals surface area contributed by atoms with Crippen molar-refractivity contribution in [3.05, 3.63) is 78.1 Å². The molecule has 4 nitrogen and oxygen atoms in total. The first-order valence-electron chi connectivity index (χ1n) is 8.12. The minimum atomic E-state index is -4.00. The minimum absolute atomic E-state index is 0.0426. The van der Waals surface area contributed by atoms with Crippen LogP contribution in [0.4, 0.5) is 10.1 Å². The highest BCUT2D eigenvalue weighted by Gasteiger charge is 2.37. The van der Waals surface area contributed by atoms with Crippen molar-refractivity contribution in [2.75, 3.05) is 4.31 Å². The first-order chi connectivity index (χ1) is 12.4. The average molecular weight is 369 g/mol. The Balaban J connectivity index is 1.99. The van der Waals surface area contributed by atoms with Crippen molar-refractivity contribution < 1.29 is 17.9 Å². The molecule has 26 heavy (non-hydrogen) atoms. The van der Waals surface area contributed by atoms with Crippen molar-refractivity contribution >= 4 is 15.7 Å². The van der Waals surface area contributed by atoms with Crippen molar-refractivity contribution in [3.8, 4) is 16.9 Å². The van der Waals surface area contributed by atoms with Crippen molar-refractivity contribution in [2.45, 2.75) is 17.9 Å². The number of hydrogen-bond acceptors (Lipinski definition) is 3. The van der Waals surface area contributed by atoms with Gasteiger partial charge in [-0.25, -0.2) is 12.8 Å². The van der Waals surface area contributed by atoms with Crippen molar-refractivity contribution in [1.29, 1.82) is 0 Å². The third kappa shape index (κ3) is 2.45. The molecule has 0 spiro atoms. The lowest BCUT2D eigenvalue weighted by atomic mass is 9.90. The molecular formula is C20H16FNO3S. The van der Waals surface area contributed by atoms with Crippen LogP contribution in [-0.2, 0) is 10.0 Å². The second-order valence-corrected chi connectivity index (χ2v) is 8.04. The summed E-state index contributed by atoms with van der Waals surface area (Å²) >= 11 is 0. The Kier molecular flexibility index (Phi) is 3.73. The quantitative estimate of drug-likeness (QED) is 0.725. The number of fused-ring (bicyclic) bond motifs is 3. The van der Waals surface area contributed by atoms with E-state index in [1.54, 1.807) is 13.0 Å². The fraction of sp³-hybridized carbons (Fsp3) is 0.100. The molecule has 1 unspecified atom stereocenters. The van der Waals surface area contributed by atoms with Crippen LogP contribution in [-0.4, -0.2) is 13.5 Å². The summed E-state index contributed by atoms with van der Waals surface area (Å²) in [7, 11) is -4.00. The van der Waals surface area contributed by atoms with E-state index in [-0.39, 0.29) is 10.6 Å². The Morgan fingerprint density at radius 1 is 0.962 bits per heavy atom. The zero-order valence-corrected chi connectivity index (χ0v) is 14.7. The maximum Gasteiger partial charge on any atom is 0.265 e. The van der Waals surface area contributed by atoms with Crippen LogP contribution in [0.25, 0.3) is 11.1 Å². The van der Waals surface area contributed by atoms with Crippen LogP contribution in [0.1, 0.15) is 18.5 Å². The number of phenols is 1. The summed E-state index contributed by atoms with van der Waals surface area (Å²) in [6.07, 6.45) is 0. The van der Waals surface area contributed by atoms with Gasteiger partial charge in [-0.1, -0.05) is 30.3 Å². The minimum Gasteiger partial charge on any atom is -0.508 e. The normalized spacial score (nSPS) is 16.1. The number of sulfonamides is 1. The van der Waals surface area contributed by atoms with Crippen LogP contribution in [0, 0.1) is 5.82 Å². The average Bonchev–Trinajstić information content (AvgIpc) is 2.61. The number of aromatic hydroxyl groups is 1. The first-order valence-corrected chi connectivity index (χ1v) is 9.56. The molecule has 132 valence electrons. The summed E-state index contributed by atoms with van der Waals surface area (Å²) < 4.78 is 41.8. The summed E-state index contributed by atoms with van der Waals surface area (Å²) in [5, 5.41) is 9.69. The van der Waals surface area contributed by atoms with E-state index in [9.17, 15) is 17.9 Å². The Hall–Kier alpha value is -2.86. The number of nitrogens with zero attached hydrogens (tertiary/aromatic N) is 1. The van der Waals surface area contributed by atoms with Gasteiger partial charge in [0.05, 0.1) is 16.6 Å². The van der Waals surface area contributed by atoms with Crippen LogP contribution < -0.4 is 4.31 Å². The smallest absolute Gasteiger partial charge is 0.265 e. The molecular weight excluding hydrogens is 353 g/mol. The van der Waals surface area contributed by atoms with E-state index >= 15 is 0 Å². The van der Waals surface area contributed by atoms with Gasteiger partial charge < -0.3 is 5.11 Å². The molecule has 0 radical (unpaired) electrons. The molecule has 0 aromatic heterocycles. The van der Waals surface area contributed by atoms with Crippen molar-refractivity contribution in [1.82, 2.24) is 0 Å². The summed E-state index contributed by atoms with van der Waals surface area (Å²) in [5.41, 5.74) is 2.68. The van der Waals surface area contributed by atoms with E-state index in [1.807, 2.05) is 24.3 Å². The van der Waals surface area contributed by atoms with Gasteiger partial charge in [-0.3, -0.25) is 4.31 Å². The second-order valence-electron chi connectivity index (χ2n) is 6.22. The van der Waals surface area contributed by atoms with Crippen LogP contribution in [0.15, 0.2) is 71.6 Å². The third-order valence-corrected chi connectivity index (χ3v) is 6.50. The Morgan fingerprint density at radius 3 is 2.50 bits per heavy atom. The number of rotatable bonds is 2. The predicted molar refractivity (Wildman–Crippen MR) is 98.0 cm³/mol. The summed E-state index contributed by atoms with van der Waals surface area (Å²) in [4.78, 5) is -0.0426. The lowest BCUT2D eigenvalue weighted by molar-refractivity contribution is 0.473. The summed E-state index contributed by atoms with van der Waals surface area (Å²) in [6, 6.07) is 16.6. The van der Waals surface area contributed by atoms with Crippen LogP contribution >= 0.6 is 0 Å². The van der Waals surface area contributed by atoms with E-state index in [4.69, 9.17) is 0 Å². The molecule has 0 amide bonds. The van der Waals surface area contributed by atoms with E-state index in [0.717, 1.165) is 11.1 Å². The second kappa shape index (κ2) is 5.85. The maximum absolute atomic E-state index is 14.0. The van der Waals surface area contributed by atoms with Crippen LogP contribution in [0.3, 0.4) is 0 Å². The van der Waals surface area contributed by atoms with Gasteiger partial charge in [0.1, 0.15) is 11.6 Å². The largest absolute Gasteiger partial charge is 0.508 e. The van der Waals surface area contributed by atoms with E-state index in [1.165, 1.54) is 40.7 Å². The molecule has 4 rings (SSSR count). The lowest BCUT2D eigenvalue weighted by Gasteiger charge is -2.37. The Morgan fingerprint density at radius 2 is 1.73 bits per heavy atom. The van der Waals surface area contributed by atoms with Gasteiger partial charge in [0.2, 0.25) is 0 Å². The molecule has 0 fully saturated rings. The maximum atomic E-state index is 14.0. The standard InChI is InChI=1S/C20H16FNO3S/c1-13-17-7-2-3-8-18(17)19-10-9-14(21)11-20(19)22(13)26(24,25)16-6-4-5-15(23)12-16/h2-13,23H,1H3. The highest BCUT2D eigenvalue weighted by molar-refractivity contribution is 7.92. The molecule has 0 aliphatic carbocycles. The zero-order valence-electron chi connectivity index (χ0n) is 13.9. The van der Waals surface area contributed by atoms with Gasteiger partial charge in [-0.2, -0.15) is 0 Å². The number of halogens is 1. The molecule has 0 saturated carbocycles. The molecule has 1 atom stereocenters. The van der Waals surface area contributed by atoms with Gasteiger partial charge in [-0.05, 0) is 48.4 Å². The monoisotopic (exact) mass is 369 g/mol. The highest BCUT2D eigenvalue weighted by atomic mass is 32.2. The molecule has 1 N–H and O–H groups in total. The van der Waals surface area contributed by atoms with Crippen molar-refractivity contribution in [3.63, 3.8) is 0 Å². The number of anilines is 1. The fourth-order valence-electron chi connectivity index (χ4n) is 3.45. The number of benzene rings is 3. The van der Waals surface area contributed by atoms with Crippen LogP contribution in [0.5, 0.6) is 5.75 Å². The van der Waals surface area contributed by atoms with Crippen molar-refractivity contribution in [2.24, 2.45) is 0 Å². The van der Waals surface area contributed by atoms with Gasteiger partial charge >= 0.3 is 0 Å². The number of hydrogen-bond donors (Lipinski definition) is 1. The van der Waals surface area contributed by atoms with E-state index in [2.05, 4.69) is 0 Å². The van der Waals surface area contributed by atoms with E-state index < -0.39 is 21.9 Å². The molecule has 3 aromatic rings. The molecule has 6 heteroatoms. The van der Waals surface area contributed by atoms with Gasteiger partial charge in [0, 0.05) is 11.6 Å². The lowest BCUT2D eigenvalue weighted by Crippen LogP contribution is -2.36.